The average molecular weight is 510 g/mol. The molecule has 1 heterocycles. The number of carbonyl (C=O) groups is 3. The van der Waals surface area contributed by atoms with Gasteiger partial charge in [0.1, 0.15) is 17.1 Å². The number of barbiturate groups is 1. The van der Waals surface area contributed by atoms with Gasteiger partial charge in [-0.3, -0.25) is 14.9 Å². The summed E-state index contributed by atoms with van der Waals surface area (Å²) >= 11 is 6.67. The molecule has 1 saturated heterocycles. The maximum atomic E-state index is 13.0. The molecule has 0 atom stereocenters. The molecule has 0 radical (unpaired) electrons. The van der Waals surface area contributed by atoms with Crippen LogP contribution in [0.2, 0.25) is 0 Å². The number of nitrogens with one attached hydrogen (secondary N) is 1. The minimum absolute atomic E-state index is 0.199. The van der Waals surface area contributed by atoms with Crippen LogP contribution < -0.4 is 19.7 Å². The first-order valence-corrected chi connectivity index (χ1v) is 9.53. The first kappa shape index (κ1) is 20.1. The lowest BCUT2D eigenvalue weighted by molar-refractivity contribution is -0.122. The van der Waals surface area contributed by atoms with E-state index in [9.17, 15) is 14.4 Å². The first-order valence-electron chi connectivity index (χ1n) is 7.94. The fourth-order valence-electron chi connectivity index (χ4n) is 2.66. The Bertz CT molecular complexity index is 1020. The highest BCUT2D eigenvalue weighted by molar-refractivity contribution is 9.10. The summed E-state index contributed by atoms with van der Waals surface area (Å²) in [7, 11) is 2.97. The Morgan fingerprint density at radius 2 is 1.71 bits per heavy atom. The van der Waals surface area contributed by atoms with E-state index in [2.05, 4.69) is 37.2 Å². The van der Waals surface area contributed by atoms with Crippen molar-refractivity contribution in [3.63, 3.8) is 0 Å². The topological polar surface area (TPSA) is 84.9 Å². The first-order chi connectivity index (χ1) is 13.3. The van der Waals surface area contributed by atoms with Gasteiger partial charge in [-0.05, 0) is 46.3 Å². The predicted molar refractivity (Wildman–Crippen MR) is 110 cm³/mol. The molecule has 1 fully saturated rings. The van der Waals surface area contributed by atoms with Crippen LogP contribution in [0.25, 0.3) is 6.08 Å². The number of nitrogens with zero attached hydrogens (tertiary/aromatic N) is 1. The lowest BCUT2D eigenvalue weighted by Gasteiger charge is -2.26. The third-order valence-electron chi connectivity index (χ3n) is 3.97. The molecular weight excluding hydrogens is 496 g/mol. The summed E-state index contributed by atoms with van der Waals surface area (Å²) < 4.78 is 11.9. The fraction of sp³-hybridized carbons (Fsp3) is 0.105. The van der Waals surface area contributed by atoms with Crippen LogP contribution in [0.15, 0.2) is 50.9 Å². The molecule has 1 N–H and O–H groups in total. The van der Waals surface area contributed by atoms with Gasteiger partial charge in [0.25, 0.3) is 11.8 Å². The van der Waals surface area contributed by atoms with E-state index in [0.717, 1.165) is 4.90 Å². The minimum atomic E-state index is -0.812. The Morgan fingerprint density at radius 3 is 2.36 bits per heavy atom. The molecule has 1 aliphatic rings. The molecule has 2 aromatic rings. The fourth-order valence-corrected chi connectivity index (χ4v) is 3.57. The van der Waals surface area contributed by atoms with Crippen molar-refractivity contribution >= 4 is 61.5 Å². The summed E-state index contributed by atoms with van der Waals surface area (Å²) in [6, 6.07) is 9.12. The van der Waals surface area contributed by atoms with Gasteiger partial charge in [0.2, 0.25) is 0 Å². The van der Waals surface area contributed by atoms with Gasteiger partial charge < -0.3 is 9.47 Å². The highest BCUT2D eigenvalue weighted by atomic mass is 79.9. The van der Waals surface area contributed by atoms with Crippen LogP contribution in [0.5, 0.6) is 11.5 Å². The number of halogens is 2. The minimum Gasteiger partial charge on any atom is -0.496 e. The van der Waals surface area contributed by atoms with E-state index in [1.165, 1.54) is 20.3 Å². The molecule has 0 bridgehead atoms. The number of rotatable bonds is 4. The maximum absolute atomic E-state index is 13.0. The van der Waals surface area contributed by atoms with Crippen molar-refractivity contribution in [3.8, 4) is 11.5 Å². The number of benzene rings is 2. The summed E-state index contributed by atoms with van der Waals surface area (Å²) in [5.74, 6) is -0.584. The van der Waals surface area contributed by atoms with Gasteiger partial charge in [0.15, 0.2) is 0 Å². The normalized spacial score (nSPS) is 15.6. The van der Waals surface area contributed by atoms with Crippen molar-refractivity contribution in [2.45, 2.75) is 0 Å². The van der Waals surface area contributed by atoms with E-state index in [4.69, 9.17) is 9.47 Å². The smallest absolute Gasteiger partial charge is 0.335 e. The molecule has 3 rings (SSSR count). The highest BCUT2D eigenvalue weighted by Gasteiger charge is 2.37. The molecule has 7 nitrogen and oxygen atoms in total. The molecule has 0 saturated carbocycles. The number of ether oxygens (including phenoxy) is 2. The van der Waals surface area contributed by atoms with Crippen LogP contribution in [-0.4, -0.2) is 32.1 Å². The van der Waals surface area contributed by atoms with Crippen LogP contribution >= 0.6 is 31.9 Å². The SMILES string of the molecule is COc1cc(OC)c(/C=C2\C(=O)NC(=O)N(c3cccc(Br)c3)C2=O)cc1Br. The quantitative estimate of drug-likeness (QED) is 0.499. The Balaban J connectivity index is 2.08. The van der Waals surface area contributed by atoms with Crippen LogP contribution in [0.1, 0.15) is 5.56 Å². The molecule has 2 aromatic carbocycles. The zero-order valence-electron chi connectivity index (χ0n) is 14.8. The number of methoxy groups -OCH3 is 2. The van der Waals surface area contributed by atoms with Crippen molar-refractivity contribution in [2.75, 3.05) is 19.1 Å². The maximum Gasteiger partial charge on any atom is 0.335 e. The van der Waals surface area contributed by atoms with Gasteiger partial charge in [-0.2, -0.15) is 0 Å². The number of amides is 4. The van der Waals surface area contributed by atoms with E-state index in [-0.39, 0.29) is 5.57 Å². The van der Waals surface area contributed by atoms with Crippen LogP contribution in [0.4, 0.5) is 10.5 Å². The molecule has 0 aromatic heterocycles. The Kier molecular flexibility index (Phi) is 5.85. The number of carbonyl (C=O) groups excluding carboxylic acids is 3. The Labute approximate surface area is 177 Å². The third kappa shape index (κ3) is 3.81. The molecule has 4 amide bonds. The lowest BCUT2D eigenvalue weighted by Crippen LogP contribution is -2.54. The summed E-state index contributed by atoms with van der Waals surface area (Å²) in [4.78, 5) is 38.5. The van der Waals surface area contributed by atoms with Gasteiger partial charge in [0.05, 0.1) is 24.4 Å². The van der Waals surface area contributed by atoms with E-state index in [1.54, 1.807) is 36.4 Å². The van der Waals surface area contributed by atoms with Crippen molar-refractivity contribution in [1.29, 1.82) is 0 Å². The molecule has 0 aliphatic carbocycles. The Hall–Kier alpha value is -2.65. The summed E-state index contributed by atoms with van der Waals surface area (Å²) in [5.41, 5.74) is 0.602. The van der Waals surface area contributed by atoms with Gasteiger partial charge >= 0.3 is 6.03 Å². The molecule has 144 valence electrons. The van der Waals surface area contributed by atoms with Gasteiger partial charge in [0, 0.05) is 16.1 Å². The molecule has 1 aliphatic heterocycles. The second-order valence-corrected chi connectivity index (χ2v) is 7.44. The second-order valence-electron chi connectivity index (χ2n) is 5.67. The monoisotopic (exact) mass is 508 g/mol. The van der Waals surface area contributed by atoms with Crippen LogP contribution in [0.3, 0.4) is 0 Å². The number of hydrogen-bond donors (Lipinski definition) is 1. The van der Waals surface area contributed by atoms with E-state index in [0.29, 0.717) is 31.7 Å². The standard InChI is InChI=1S/C19H14Br2N2O5/c1-27-15-9-16(28-2)14(21)7-10(15)6-13-17(24)22-19(26)23(18(13)25)12-5-3-4-11(20)8-12/h3-9H,1-2H3,(H,22,24,26)/b13-6+. The molecule has 9 heteroatoms. The number of hydrogen-bond acceptors (Lipinski definition) is 5. The van der Waals surface area contributed by atoms with Crippen molar-refractivity contribution < 1.29 is 23.9 Å². The van der Waals surface area contributed by atoms with Gasteiger partial charge in [-0.15, -0.1) is 0 Å². The summed E-state index contributed by atoms with van der Waals surface area (Å²) in [5, 5.41) is 2.19. The Morgan fingerprint density at radius 1 is 1.00 bits per heavy atom. The number of anilines is 1. The van der Waals surface area contributed by atoms with Crippen LogP contribution in [-0.2, 0) is 9.59 Å². The van der Waals surface area contributed by atoms with E-state index < -0.39 is 17.8 Å². The average Bonchev–Trinajstić information content (AvgIpc) is 2.65. The zero-order chi connectivity index (χ0) is 20.4. The van der Waals surface area contributed by atoms with E-state index >= 15 is 0 Å². The van der Waals surface area contributed by atoms with Gasteiger partial charge in [-0.1, -0.05) is 22.0 Å². The molecule has 0 spiro atoms. The lowest BCUT2D eigenvalue weighted by atomic mass is 10.1. The number of urea groups is 1. The largest absolute Gasteiger partial charge is 0.496 e. The van der Waals surface area contributed by atoms with Crippen LogP contribution in [0, 0.1) is 0 Å². The molecule has 28 heavy (non-hydrogen) atoms. The zero-order valence-corrected chi connectivity index (χ0v) is 18.0. The third-order valence-corrected chi connectivity index (χ3v) is 5.09. The second kappa shape index (κ2) is 8.15. The summed E-state index contributed by atoms with van der Waals surface area (Å²) in [6.07, 6.45) is 1.37. The molecule has 0 unspecified atom stereocenters. The van der Waals surface area contributed by atoms with Crippen molar-refractivity contribution in [2.24, 2.45) is 0 Å². The molecular formula is C19H14Br2N2O5. The van der Waals surface area contributed by atoms with E-state index in [1.807, 2.05) is 0 Å². The summed E-state index contributed by atoms with van der Waals surface area (Å²) in [6.45, 7) is 0. The van der Waals surface area contributed by atoms with Crippen molar-refractivity contribution in [3.05, 3.63) is 56.5 Å². The highest BCUT2D eigenvalue weighted by Crippen LogP contribution is 2.34. The number of imide groups is 2. The van der Waals surface area contributed by atoms with Crippen molar-refractivity contribution in [1.82, 2.24) is 5.32 Å². The predicted octanol–water partition coefficient (Wildman–Crippen LogP) is 3.90. The van der Waals surface area contributed by atoms with Gasteiger partial charge in [-0.25, -0.2) is 9.69 Å².